The maximum Gasteiger partial charge on any atom is 0.325 e. The largest absolute Gasteiger partial charge is 0.352 e. The zero-order valence-electron chi connectivity index (χ0n) is 16.4. The van der Waals surface area contributed by atoms with E-state index in [1.165, 1.54) is 38.5 Å². The van der Waals surface area contributed by atoms with Gasteiger partial charge in [0.1, 0.15) is 12.1 Å². The molecule has 5 saturated carbocycles. The molecule has 2 N–H and O–H groups in total. The molecule has 4 amide bonds. The molecular formula is C21H31N3O3. The van der Waals surface area contributed by atoms with Crippen LogP contribution in [0, 0.1) is 29.1 Å². The van der Waals surface area contributed by atoms with E-state index in [1.54, 1.807) is 6.92 Å². The fraction of sp³-hybridized carbons (Fsp3) is 0.857. The molecule has 4 bridgehead atoms. The first-order chi connectivity index (χ1) is 12.8. The van der Waals surface area contributed by atoms with Gasteiger partial charge in [-0.05, 0) is 94.3 Å². The normalized spacial score (nSPS) is 43.8. The maximum atomic E-state index is 12.7. The van der Waals surface area contributed by atoms with Crippen LogP contribution in [0.3, 0.4) is 0 Å². The van der Waals surface area contributed by atoms with Crippen LogP contribution in [0.5, 0.6) is 0 Å². The zero-order chi connectivity index (χ0) is 19.0. The lowest BCUT2D eigenvalue weighted by Gasteiger charge is -2.59. The average Bonchev–Trinajstić information content (AvgIpc) is 3.40. The van der Waals surface area contributed by atoms with E-state index in [9.17, 15) is 14.4 Å². The van der Waals surface area contributed by atoms with E-state index in [0.29, 0.717) is 0 Å². The fourth-order valence-corrected chi connectivity index (χ4v) is 7.09. The molecule has 6 rings (SSSR count). The molecule has 6 nitrogen and oxygen atoms in total. The summed E-state index contributed by atoms with van der Waals surface area (Å²) in [7, 11) is 0. The number of nitrogens with zero attached hydrogens (tertiary/aromatic N) is 1. The standard InChI is InChI=1S/C21H31N3O3/c1-12(21-8-13-5-14(9-21)7-15(6-13)10-21)22-17(25)11-24-18(26)20(2,16-3-4-16)23-19(24)27/h12-16H,3-11H2,1-2H3,(H,22,25)(H,23,27)/t12-,13?,14?,15?,20+,21?/m0/s1. The van der Waals surface area contributed by atoms with Gasteiger partial charge >= 0.3 is 6.03 Å². The van der Waals surface area contributed by atoms with Crippen LogP contribution in [0.2, 0.25) is 0 Å². The predicted octanol–water partition coefficient (Wildman–Crippen LogP) is 2.43. The van der Waals surface area contributed by atoms with Crippen molar-refractivity contribution < 1.29 is 14.4 Å². The summed E-state index contributed by atoms with van der Waals surface area (Å²) < 4.78 is 0. The van der Waals surface area contributed by atoms with Gasteiger partial charge in [0.25, 0.3) is 5.91 Å². The number of hydrogen-bond donors (Lipinski definition) is 2. The monoisotopic (exact) mass is 373 g/mol. The van der Waals surface area contributed by atoms with Gasteiger partial charge in [0.05, 0.1) is 0 Å². The molecule has 0 aromatic rings. The van der Waals surface area contributed by atoms with Crippen molar-refractivity contribution >= 4 is 17.8 Å². The van der Waals surface area contributed by atoms with Crippen molar-refractivity contribution in [3.8, 4) is 0 Å². The van der Waals surface area contributed by atoms with Crippen molar-refractivity contribution in [3.05, 3.63) is 0 Å². The van der Waals surface area contributed by atoms with Crippen molar-refractivity contribution in [3.63, 3.8) is 0 Å². The summed E-state index contributed by atoms with van der Waals surface area (Å²) >= 11 is 0. The second-order valence-electron chi connectivity index (χ2n) is 10.4. The Hall–Kier alpha value is -1.59. The minimum Gasteiger partial charge on any atom is -0.352 e. The van der Waals surface area contributed by atoms with Gasteiger partial charge in [-0.3, -0.25) is 14.5 Å². The van der Waals surface area contributed by atoms with Crippen molar-refractivity contribution in [1.29, 1.82) is 0 Å². The Kier molecular flexibility index (Phi) is 3.70. The van der Waals surface area contributed by atoms with Crippen LogP contribution >= 0.6 is 0 Å². The third-order valence-corrected chi connectivity index (χ3v) is 8.38. The second-order valence-corrected chi connectivity index (χ2v) is 10.4. The highest BCUT2D eigenvalue weighted by molar-refractivity contribution is 6.09. The van der Waals surface area contributed by atoms with E-state index < -0.39 is 11.6 Å². The third kappa shape index (κ3) is 2.70. The molecule has 27 heavy (non-hydrogen) atoms. The Morgan fingerprint density at radius 1 is 1.15 bits per heavy atom. The Labute approximate surface area is 160 Å². The van der Waals surface area contributed by atoms with Gasteiger partial charge in [0.15, 0.2) is 0 Å². The summed E-state index contributed by atoms with van der Waals surface area (Å²) in [5.41, 5.74) is -0.590. The number of hydrogen-bond acceptors (Lipinski definition) is 3. The maximum absolute atomic E-state index is 12.7. The number of nitrogens with one attached hydrogen (secondary N) is 2. The van der Waals surface area contributed by atoms with E-state index in [1.807, 2.05) is 0 Å². The lowest BCUT2D eigenvalue weighted by atomic mass is 9.48. The van der Waals surface area contributed by atoms with Gasteiger partial charge < -0.3 is 10.6 Å². The van der Waals surface area contributed by atoms with Crippen LogP contribution in [0.25, 0.3) is 0 Å². The Morgan fingerprint density at radius 2 is 1.70 bits per heavy atom. The average molecular weight is 373 g/mol. The number of urea groups is 1. The number of carbonyl (C=O) groups excluding carboxylic acids is 3. The first-order valence-electron chi connectivity index (χ1n) is 10.7. The molecule has 0 aromatic heterocycles. The summed E-state index contributed by atoms with van der Waals surface area (Å²) in [5.74, 6) is 2.27. The summed E-state index contributed by atoms with van der Waals surface area (Å²) in [6, 6.07) is -0.319. The summed E-state index contributed by atoms with van der Waals surface area (Å²) in [5, 5.41) is 5.98. The van der Waals surface area contributed by atoms with Crippen LogP contribution in [0.4, 0.5) is 4.79 Å². The number of carbonyl (C=O) groups is 3. The quantitative estimate of drug-likeness (QED) is 0.727. The second kappa shape index (κ2) is 5.71. The third-order valence-electron chi connectivity index (χ3n) is 8.38. The van der Waals surface area contributed by atoms with Crippen molar-refractivity contribution in [1.82, 2.24) is 15.5 Å². The molecule has 5 aliphatic carbocycles. The predicted molar refractivity (Wildman–Crippen MR) is 99.6 cm³/mol. The van der Waals surface area contributed by atoms with Crippen LogP contribution in [0.1, 0.15) is 65.2 Å². The molecule has 0 radical (unpaired) electrons. The Balaban J connectivity index is 1.23. The molecule has 1 saturated heterocycles. The smallest absolute Gasteiger partial charge is 0.325 e. The molecular weight excluding hydrogens is 342 g/mol. The van der Waals surface area contributed by atoms with Gasteiger partial charge in [-0.25, -0.2) is 4.79 Å². The molecule has 6 fully saturated rings. The minimum atomic E-state index is -0.817. The molecule has 2 atom stereocenters. The highest BCUT2D eigenvalue weighted by Gasteiger charge is 2.57. The Morgan fingerprint density at radius 3 is 2.22 bits per heavy atom. The number of amides is 4. The lowest BCUT2D eigenvalue weighted by molar-refractivity contribution is -0.136. The van der Waals surface area contributed by atoms with E-state index in [4.69, 9.17) is 0 Å². The molecule has 1 aliphatic heterocycles. The van der Waals surface area contributed by atoms with E-state index in [2.05, 4.69) is 17.6 Å². The van der Waals surface area contributed by atoms with Gasteiger partial charge in [-0.1, -0.05) is 0 Å². The van der Waals surface area contributed by atoms with Crippen LogP contribution < -0.4 is 10.6 Å². The van der Waals surface area contributed by atoms with Gasteiger partial charge in [-0.2, -0.15) is 0 Å². The molecule has 1 heterocycles. The van der Waals surface area contributed by atoms with Crippen molar-refractivity contribution in [2.45, 2.75) is 76.8 Å². The first-order valence-corrected chi connectivity index (χ1v) is 10.7. The summed E-state index contributed by atoms with van der Waals surface area (Å²) in [6.45, 7) is 3.76. The van der Waals surface area contributed by atoms with Gasteiger partial charge in [0, 0.05) is 6.04 Å². The highest BCUT2D eigenvalue weighted by Crippen LogP contribution is 2.61. The first kappa shape index (κ1) is 17.5. The van der Waals surface area contributed by atoms with Gasteiger partial charge in [0.2, 0.25) is 5.91 Å². The minimum absolute atomic E-state index is 0.106. The molecule has 6 heteroatoms. The van der Waals surface area contributed by atoms with Gasteiger partial charge in [-0.15, -0.1) is 0 Å². The molecule has 148 valence electrons. The SMILES string of the molecule is C[C@H](NC(=O)CN1C(=O)N[C@](C)(C2CC2)C1=O)C12CC3CC(CC(C3)C1)C2. The zero-order valence-corrected chi connectivity index (χ0v) is 16.4. The van der Waals surface area contributed by atoms with Crippen molar-refractivity contribution in [2.24, 2.45) is 29.1 Å². The van der Waals surface area contributed by atoms with E-state index >= 15 is 0 Å². The molecule has 6 aliphatic rings. The van der Waals surface area contributed by atoms with Crippen LogP contribution in [0.15, 0.2) is 0 Å². The van der Waals surface area contributed by atoms with Crippen molar-refractivity contribution in [2.75, 3.05) is 6.54 Å². The topological polar surface area (TPSA) is 78.5 Å². The van der Waals surface area contributed by atoms with E-state index in [-0.39, 0.29) is 35.7 Å². The number of rotatable bonds is 5. The summed E-state index contributed by atoms with van der Waals surface area (Å²) in [6.07, 6.45) is 9.74. The van der Waals surface area contributed by atoms with Crippen LogP contribution in [-0.2, 0) is 9.59 Å². The molecule has 0 unspecified atom stereocenters. The highest BCUT2D eigenvalue weighted by atomic mass is 16.2. The molecule has 0 aromatic carbocycles. The number of imide groups is 1. The summed E-state index contributed by atoms with van der Waals surface area (Å²) in [4.78, 5) is 38.8. The molecule has 0 spiro atoms. The Bertz CT molecular complexity index is 666. The lowest BCUT2D eigenvalue weighted by Crippen LogP contribution is -2.57. The van der Waals surface area contributed by atoms with Crippen LogP contribution in [-0.4, -0.2) is 40.9 Å². The van der Waals surface area contributed by atoms with E-state index in [0.717, 1.165) is 35.5 Å². The fourth-order valence-electron chi connectivity index (χ4n) is 7.09.